The monoisotopic (exact) mass is 207 g/mol. The van der Waals surface area contributed by atoms with Crippen molar-refractivity contribution in [1.82, 2.24) is 5.48 Å². The summed E-state index contributed by atoms with van der Waals surface area (Å²) in [6.07, 6.45) is 1.66. The van der Waals surface area contributed by atoms with Gasteiger partial charge in [0.05, 0.1) is 7.11 Å². The first-order valence-electron chi connectivity index (χ1n) is 4.45. The van der Waals surface area contributed by atoms with Gasteiger partial charge in [-0.2, -0.15) is 0 Å². The summed E-state index contributed by atoms with van der Waals surface area (Å²) in [6, 6.07) is 6.75. The summed E-state index contributed by atoms with van der Waals surface area (Å²) in [7, 11) is 1.39. The minimum absolute atomic E-state index is 0.284. The Morgan fingerprint density at radius 2 is 2.13 bits per heavy atom. The number of ether oxygens (including phenoxy) is 1. The second kappa shape index (κ2) is 5.82. The quantitative estimate of drug-likeness (QED) is 0.588. The molecule has 1 N–H and O–H groups in total. The first kappa shape index (κ1) is 11.3. The van der Waals surface area contributed by atoms with Crippen LogP contribution in [0.15, 0.2) is 36.9 Å². The SMILES string of the molecule is C=CCOc1ccc(C(=O)NOC)cc1. The highest BCUT2D eigenvalue weighted by molar-refractivity contribution is 5.93. The summed E-state index contributed by atoms with van der Waals surface area (Å²) >= 11 is 0. The lowest BCUT2D eigenvalue weighted by molar-refractivity contribution is 0.0537. The van der Waals surface area contributed by atoms with Gasteiger partial charge in [0.25, 0.3) is 5.91 Å². The van der Waals surface area contributed by atoms with E-state index in [4.69, 9.17) is 4.74 Å². The Hall–Kier alpha value is -1.81. The molecule has 0 heterocycles. The van der Waals surface area contributed by atoms with Crippen LogP contribution in [0, 0.1) is 0 Å². The Kier molecular flexibility index (Phi) is 4.37. The number of amides is 1. The molecule has 1 aromatic carbocycles. The van der Waals surface area contributed by atoms with E-state index in [1.54, 1.807) is 30.3 Å². The van der Waals surface area contributed by atoms with Crippen LogP contribution in [0.25, 0.3) is 0 Å². The van der Waals surface area contributed by atoms with Gasteiger partial charge in [0.15, 0.2) is 0 Å². The summed E-state index contributed by atoms with van der Waals surface area (Å²) in [5.74, 6) is 0.414. The molecule has 0 spiro atoms. The van der Waals surface area contributed by atoms with Gasteiger partial charge in [0.1, 0.15) is 12.4 Å². The van der Waals surface area contributed by atoms with Gasteiger partial charge in [0, 0.05) is 5.56 Å². The average Bonchev–Trinajstić information content (AvgIpc) is 2.27. The lowest BCUT2D eigenvalue weighted by Crippen LogP contribution is -2.21. The van der Waals surface area contributed by atoms with Gasteiger partial charge < -0.3 is 4.74 Å². The van der Waals surface area contributed by atoms with Gasteiger partial charge in [-0.15, -0.1) is 0 Å². The fourth-order valence-corrected chi connectivity index (χ4v) is 1.01. The number of benzene rings is 1. The first-order chi connectivity index (χ1) is 7.27. The van der Waals surface area contributed by atoms with Crippen LogP contribution in [0.1, 0.15) is 10.4 Å². The zero-order valence-electron chi connectivity index (χ0n) is 8.53. The Labute approximate surface area is 88.5 Å². The molecule has 1 rings (SSSR count). The molecule has 0 atom stereocenters. The van der Waals surface area contributed by atoms with Crippen LogP contribution < -0.4 is 10.2 Å². The normalized spacial score (nSPS) is 9.40. The molecular formula is C11H13NO3. The molecule has 1 amide bonds. The molecule has 0 unspecified atom stereocenters. The summed E-state index contributed by atoms with van der Waals surface area (Å²) < 4.78 is 5.27. The van der Waals surface area contributed by atoms with Crippen LogP contribution in [-0.2, 0) is 4.84 Å². The summed E-state index contributed by atoms with van der Waals surface area (Å²) in [5.41, 5.74) is 2.75. The zero-order chi connectivity index (χ0) is 11.1. The van der Waals surface area contributed by atoms with Crippen molar-refractivity contribution < 1.29 is 14.4 Å². The van der Waals surface area contributed by atoms with E-state index < -0.39 is 0 Å². The smallest absolute Gasteiger partial charge is 0.274 e. The maximum Gasteiger partial charge on any atom is 0.274 e. The molecule has 1 aromatic rings. The van der Waals surface area contributed by atoms with Crippen LogP contribution in [0.5, 0.6) is 5.75 Å². The van der Waals surface area contributed by atoms with E-state index in [1.165, 1.54) is 7.11 Å². The maximum atomic E-state index is 11.3. The molecule has 0 saturated heterocycles. The van der Waals surface area contributed by atoms with Gasteiger partial charge >= 0.3 is 0 Å². The van der Waals surface area contributed by atoms with E-state index in [0.717, 1.165) is 0 Å². The molecule has 15 heavy (non-hydrogen) atoms. The van der Waals surface area contributed by atoms with Crippen molar-refractivity contribution in [2.24, 2.45) is 0 Å². The standard InChI is InChI=1S/C11H13NO3/c1-3-8-15-10-6-4-9(5-7-10)11(13)12-14-2/h3-7H,1,8H2,2H3,(H,12,13). The Morgan fingerprint density at radius 3 is 2.67 bits per heavy atom. The minimum atomic E-state index is -0.284. The molecule has 0 radical (unpaired) electrons. The molecular weight excluding hydrogens is 194 g/mol. The van der Waals surface area contributed by atoms with E-state index in [2.05, 4.69) is 16.9 Å². The Balaban J connectivity index is 2.63. The first-order valence-corrected chi connectivity index (χ1v) is 4.45. The molecule has 0 fully saturated rings. The van der Waals surface area contributed by atoms with Gasteiger partial charge in [-0.25, -0.2) is 5.48 Å². The van der Waals surface area contributed by atoms with E-state index in [9.17, 15) is 4.79 Å². The third kappa shape index (κ3) is 3.44. The molecule has 0 saturated carbocycles. The number of carbonyl (C=O) groups excluding carboxylic acids is 1. The van der Waals surface area contributed by atoms with Crippen molar-refractivity contribution >= 4 is 5.91 Å². The molecule has 0 aliphatic heterocycles. The molecule has 0 aliphatic rings. The van der Waals surface area contributed by atoms with E-state index in [-0.39, 0.29) is 5.91 Å². The topological polar surface area (TPSA) is 47.6 Å². The number of rotatable bonds is 5. The second-order valence-corrected chi connectivity index (χ2v) is 2.76. The van der Waals surface area contributed by atoms with Crippen molar-refractivity contribution in [2.75, 3.05) is 13.7 Å². The highest BCUT2D eigenvalue weighted by Crippen LogP contribution is 2.11. The number of nitrogens with one attached hydrogen (secondary N) is 1. The largest absolute Gasteiger partial charge is 0.490 e. The number of carbonyl (C=O) groups is 1. The van der Waals surface area contributed by atoms with Crippen LogP contribution in [-0.4, -0.2) is 19.6 Å². The van der Waals surface area contributed by atoms with Crippen molar-refractivity contribution in [3.8, 4) is 5.75 Å². The lowest BCUT2D eigenvalue weighted by atomic mass is 10.2. The molecule has 0 aliphatic carbocycles. The highest BCUT2D eigenvalue weighted by atomic mass is 16.6. The average molecular weight is 207 g/mol. The number of hydrogen-bond donors (Lipinski definition) is 1. The van der Waals surface area contributed by atoms with Gasteiger partial charge in [-0.05, 0) is 24.3 Å². The van der Waals surface area contributed by atoms with Crippen molar-refractivity contribution in [2.45, 2.75) is 0 Å². The van der Waals surface area contributed by atoms with Crippen molar-refractivity contribution in [3.63, 3.8) is 0 Å². The van der Waals surface area contributed by atoms with Gasteiger partial charge in [0.2, 0.25) is 0 Å². The second-order valence-electron chi connectivity index (χ2n) is 2.76. The van der Waals surface area contributed by atoms with Crippen LogP contribution in [0.4, 0.5) is 0 Å². The van der Waals surface area contributed by atoms with E-state index >= 15 is 0 Å². The molecule has 0 bridgehead atoms. The fraction of sp³-hybridized carbons (Fsp3) is 0.182. The zero-order valence-corrected chi connectivity index (χ0v) is 8.53. The van der Waals surface area contributed by atoms with Crippen molar-refractivity contribution in [1.29, 1.82) is 0 Å². The van der Waals surface area contributed by atoms with Crippen LogP contribution in [0.3, 0.4) is 0 Å². The predicted octanol–water partition coefficient (Wildman–Crippen LogP) is 1.54. The lowest BCUT2D eigenvalue weighted by Gasteiger charge is -2.04. The Bertz CT molecular complexity index is 332. The van der Waals surface area contributed by atoms with Gasteiger partial charge in [-0.1, -0.05) is 12.7 Å². The summed E-state index contributed by atoms with van der Waals surface area (Å²) in [5, 5.41) is 0. The minimum Gasteiger partial charge on any atom is -0.490 e. The number of hydrogen-bond acceptors (Lipinski definition) is 3. The van der Waals surface area contributed by atoms with Crippen LogP contribution in [0.2, 0.25) is 0 Å². The Morgan fingerprint density at radius 1 is 1.47 bits per heavy atom. The molecule has 80 valence electrons. The highest BCUT2D eigenvalue weighted by Gasteiger charge is 2.03. The van der Waals surface area contributed by atoms with Gasteiger partial charge in [-0.3, -0.25) is 9.63 Å². The summed E-state index contributed by atoms with van der Waals surface area (Å²) in [6.45, 7) is 3.99. The third-order valence-electron chi connectivity index (χ3n) is 1.68. The fourth-order valence-electron chi connectivity index (χ4n) is 1.01. The molecule has 4 heteroatoms. The predicted molar refractivity (Wildman–Crippen MR) is 56.6 cm³/mol. The third-order valence-corrected chi connectivity index (χ3v) is 1.68. The maximum absolute atomic E-state index is 11.3. The van der Waals surface area contributed by atoms with E-state index in [0.29, 0.717) is 17.9 Å². The molecule has 4 nitrogen and oxygen atoms in total. The number of hydroxylamine groups is 1. The van der Waals surface area contributed by atoms with Crippen LogP contribution >= 0.6 is 0 Å². The molecule has 0 aromatic heterocycles. The van der Waals surface area contributed by atoms with Crippen molar-refractivity contribution in [3.05, 3.63) is 42.5 Å². The van der Waals surface area contributed by atoms with E-state index in [1.807, 2.05) is 0 Å². The summed E-state index contributed by atoms with van der Waals surface area (Å²) in [4.78, 5) is 15.8.